The summed E-state index contributed by atoms with van der Waals surface area (Å²) in [5, 5.41) is 10.7. The summed E-state index contributed by atoms with van der Waals surface area (Å²) in [6.45, 7) is -0.174. The van der Waals surface area contributed by atoms with Gasteiger partial charge < -0.3 is 5.11 Å². The number of sulfonamides is 1. The maximum Gasteiger partial charge on any atom is 0.416 e. The van der Waals surface area contributed by atoms with Gasteiger partial charge in [-0.3, -0.25) is 0 Å². The normalized spacial score (nSPS) is 20.2. The van der Waals surface area contributed by atoms with Gasteiger partial charge in [0.25, 0.3) is 0 Å². The lowest BCUT2D eigenvalue weighted by Gasteiger charge is -2.24. The van der Waals surface area contributed by atoms with E-state index in [2.05, 4.69) is 4.72 Å². The quantitative estimate of drug-likeness (QED) is 0.832. The molecule has 0 saturated carbocycles. The zero-order chi connectivity index (χ0) is 19.0. The van der Waals surface area contributed by atoms with Gasteiger partial charge in [-0.1, -0.05) is 36.4 Å². The number of alkyl halides is 3. The van der Waals surface area contributed by atoms with Crippen molar-refractivity contribution in [1.82, 2.24) is 4.72 Å². The minimum atomic E-state index is -4.46. The minimum absolute atomic E-state index is 0.174. The second kappa shape index (κ2) is 6.68. The molecule has 1 aliphatic carbocycles. The maximum absolute atomic E-state index is 12.6. The van der Waals surface area contributed by atoms with Crippen LogP contribution in [0.25, 0.3) is 0 Å². The lowest BCUT2D eigenvalue weighted by molar-refractivity contribution is -0.137. The Kier molecular flexibility index (Phi) is 4.85. The van der Waals surface area contributed by atoms with Crippen molar-refractivity contribution in [2.45, 2.75) is 30.4 Å². The molecule has 0 aliphatic heterocycles. The van der Waals surface area contributed by atoms with Crippen LogP contribution >= 0.6 is 0 Å². The molecule has 0 unspecified atom stereocenters. The SMILES string of the molecule is O=S(=O)(Cc1ccc(C(F)(F)F)cc1)NC[C@]1(O)CCc2ccccc21. The van der Waals surface area contributed by atoms with Crippen LogP contribution in [0.3, 0.4) is 0 Å². The summed E-state index contributed by atoms with van der Waals surface area (Å²) >= 11 is 0. The van der Waals surface area contributed by atoms with E-state index in [0.29, 0.717) is 18.4 Å². The predicted molar refractivity (Wildman–Crippen MR) is 90.7 cm³/mol. The molecule has 2 N–H and O–H groups in total. The van der Waals surface area contributed by atoms with Gasteiger partial charge >= 0.3 is 6.18 Å². The van der Waals surface area contributed by atoms with Crippen LogP contribution in [0, 0.1) is 0 Å². The Hall–Kier alpha value is -1.90. The number of aliphatic hydroxyl groups is 1. The van der Waals surface area contributed by atoms with Gasteiger partial charge in [-0.05, 0) is 41.7 Å². The molecular formula is C18H18F3NO3S. The first-order valence-corrected chi connectivity index (χ1v) is 9.69. The number of nitrogens with one attached hydrogen (secondary N) is 1. The summed E-state index contributed by atoms with van der Waals surface area (Å²) in [4.78, 5) is 0. The van der Waals surface area contributed by atoms with E-state index in [0.717, 1.165) is 29.8 Å². The van der Waals surface area contributed by atoms with Gasteiger partial charge in [-0.15, -0.1) is 0 Å². The van der Waals surface area contributed by atoms with Crippen LogP contribution in [-0.2, 0) is 34.0 Å². The van der Waals surface area contributed by atoms with Gasteiger partial charge in [-0.2, -0.15) is 13.2 Å². The molecule has 1 atom stereocenters. The highest BCUT2D eigenvalue weighted by atomic mass is 32.2. The van der Waals surface area contributed by atoms with E-state index in [1.807, 2.05) is 12.1 Å². The van der Waals surface area contributed by atoms with Crippen molar-refractivity contribution in [3.05, 3.63) is 70.8 Å². The van der Waals surface area contributed by atoms with Crippen molar-refractivity contribution < 1.29 is 26.7 Å². The Labute approximate surface area is 149 Å². The summed E-state index contributed by atoms with van der Waals surface area (Å²) in [5.74, 6) is -0.455. The molecule has 0 bridgehead atoms. The van der Waals surface area contributed by atoms with Crippen molar-refractivity contribution in [3.8, 4) is 0 Å². The number of hydrogen-bond acceptors (Lipinski definition) is 3. The second-order valence-corrected chi connectivity index (χ2v) is 8.27. The fourth-order valence-electron chi connectivity index (χ4n) is 3.14. The van der Waals surface area contributed by atoms with Gasteiger partial charge in [0, 0.05) is 6.54 Å². The van der Waals surface area contributed by atoms with Crippen LogP contribution in [0.5, 0.6) is 0 Å². The number of rotatable bonds is 5. The lowest BCUT2D eigenvalue weighted by Crippen LogP contribution is -2.39. The van der Waals surface area contributed by atoms with E-state index in [1.54, 1.807) is 12.1 Å². The number of hydrogen-bond donors (Lipinski definition) is 2. The van der Waals surface area contributed by atoms with Gasteiger partial charge in [0.05, 0.1) is 11.3 Å². The fraction of sp³-hybridized carbons (Fsp3) is 0.333. The first-order chi connectivity index (χ1) is 12.1. The summed E-state index contributed by atoms with van der Waals surface area (Å²) in [6.07, 6.45) is -3.39. The molecule has 2 aromatic rings. The molecule has 140 valence electrons. The zero-order valence-corrected chi connectivity index (χ0v) is 14.6. The molecule has 0 radical (unpaired) electrons. The van der Waals surface area contributed by atoms with Crippen molar-refractivity contribution in [2.75, 3.05) is 6.54 Å². The summed E-state index contributed by atoms with van der Waals surface area (Å²) in [7, 11) is -3.80. The molecule has 0 amide bonds. The molecule has 0 aromatic heterocycles. The molecule has 0 saturated heterocycles. The molecule has 4 nitrogen and oxygen atoms in total. The van der Waals surface area contributed by atoms with Gasteiger partial charge in [0.1, 0.15) is 5.60 Å². The number of fused-ring (bicyclic) bond motifs is 1. The number of benzene rings is 2. The van der Waals surface area contributed by atoms with Crippen molar-refractivity contribution in [2.24, 2.45) is 0 Å². The monoisotopic (exact) mass is 385 g/mol. The minimum Gasteiger partial charge on any atom is -0.384 e. The molecule has 2 aromatic carbocycles. The molecule has 3 rings (SSSR count). The Balaban J connectivity index is 1.67. The van der Waals surface area contributed by atoms with Crippen LogP contribution in [0.1, 0.15) is 28.7 Å². The third-order valence-electron chi connectivity index (χ3n) is 4.55. The topological polar surface area (TPSA) is 66.4 Å². The van der Waals surface area contributed by atoms with E-state index in [-0.39, 0.29) is 12.1 Å². The average Bonchev–Trinajstić information content (AvgIpc) is 2.91. The largest absolute Gasteiger partial charge is 0.416 e. The van der Waals surface area contributed by atoms with E-state index < -0.39 is 33.1 Å². The van der Waals surface area contributed by atoms with E-state index in [9.17, 15) is 26.7 Å². The highest BCUT2D eigenvalue weighted by Crippen LogP contribution is 2.36. The third-order valence-corrected chi connectivity index (χ3v) is 5.85. The molecule has 0 spiro atoms. The maximum atomic E-state index is 12.6. The van der Waals surface area contributed by atoms with Crippen molar-refractivity contribution >= 4 is 10.0 Å². The Morgan fingerprint density at radius 1 is 1.08 bits per heavy atom. The van der Waals surface area contributed by atoms with Crippen LogP contribution in [0.2, 0.25) is 0 Å². The molecule has 0 heterocycles. The van der Waals surface area contributed by atoms with Gasteiger partial charge in [0.2, 0.25) is 10.0 Å². The summed E-state index contributed by atoms with van der Waals surface area (Å²) in [6, 6.07) is 11.3. The Morgan fingerprint density at radius 2 is 1.73 bits per heavy atom. The van der Waals surface area contributed by atoms with E-state index in [4.69, 9.17) is 0 Å². The van der Waals surface area contributed by atoms with Crippen molar-refractivity contribution in [3.63, 3.8) is 0 Å². The Bertz CT molecular complexity index is 895. The molecule has 1 aliphatic rings. The molecular weight excluding hydrogens is 367 g/mol. The first-order valence-electron chi connectivity index (χ1n) is 8.03. The standard InChI is InChI=1S/C18H18F3NO3S/c19-18(20,21)15-7-5-13(6-8-15)11-26(24,25)22-12-17(23)10-9-14-3-1-2-4-16(14)17/h1-8,22-23H,9-12H2/t17-/m1/s1. The van der Waals surface area contributed by atoms with E-state index >= 15 is 0 Å². The van der Waals surface area contributed by atoms with Crippen LogP contribution in [0.15, 0.2) is 48.5 Å². The molecule has 0 fully saturated rings. The lowest BCUT2D eigenvalue weighted by atomic mass is 9.96. The molecule has 26 heavy (non-hydrogen) atoms. The van der Waals surface area contributed by atoms with Gasteiger partial charge in [0.15, 0.2) is 0 Å². The molecule has 8 heteroatoms. The fourth-order valence-corrected chi connectivity index (χ4v) is 4.33. The van der Waals surface area contributed by atoms with Crippen LogP contribution in [-0.4, -0.2) is 20.1 Å². The van der Waals surface area contributed by atoms with Crippen LogP contribution < -0.4 is 4.72 Å². The Morgan fingerprint density at radius 3 is 2.38 bits per heavy atom. The van der Waals surface area contributed by atoms with E-state index in [1.165, 1.54) is 0 Å². The summed E-state index contributed by atoms with van der Waals surface area (Å²) < 4.78 is 64.5. The second-order valence-electron chi connectivity index (χ2n) is 6.46. The predicted octanol–water partition coefficient (Wildman–Crippen LogP) is 2.96. The number of aryl methyl sites for hydroxylation is 1. The highest BCUT2D eigenvalue weighted by molar-refractivity contribution is 7.88. The summed E-state index contributed by atoms with van der Waals surface area (Å²) in [5.41, 5.74) is -0.175. The van der Waals surface area contributed by atoms with Gasteiger partial charge in [-0.25, -0.2) is 13.1 Å². The van der Waals surface area contributed by atoms with Crippen LogP contribution in [0.4, 0.5) is 13.2 Å². The third kappa shape index (κ3) is 4.08. The highest BCUT2D eigenvalue weighted by Gasteiger charge is 2.37. The first kappa shape index (κ1) is 18.9. The zero-order valence-electron chi connectivity index (χ0n) is 13.8. The van der Waals surface area contributed by atoms with Crippen molar-refractivity contribution in [1.29, 1.82) is 0 Å². The average molecular weight is 385 g/mol. The number of halogens is 3. The smallest absolute Gasteiger partial charge is 0.384 e.